The summed E-state index contributed by atoms with van der Waals surface area (Å²) in [5.74, 6) is -0.0817. The topological polar surface area (TPSA) is 64.3 Å². The number of halogens is 1. The molecular formula is C14H12FN3O3S. The number of carbonyl (C=O) groups is 1. The smallest absolute Gasteiger partial charge is 0.256 e. The lowest BCUT2D eigenvalue weighted by atomic mass is 10.0. The Bertz CT molecular complexity index is 730. The molecule has 2 fully saturated rings. The molecule has 1 amide bonds. The van der Waals surface area contributed by atoms with E-state index >= 15 is 0 Å². The molecule has 1 spiro atoms. The molecule has 2 aromatic heterocycles. The van der Waals surface area contributed by atoms with Crippen LogP contribution < -0.4 is 9.64 Å². The molecule has 0 atom stereocenters. The Morgan fingerprint density at radius 3 is 2.91 bits per heavy atom. The van der Waals surface area contributed by atoms with Crippen LogP contribution in [-0.2, 0) is 9.53 Å². The predicted octanol–water partition coefficient (Wildman–Crippen LogP) is 2.37. The van der Waals surface area contributed by atoms with Gasteiger partial charge >= 0.3 is 0 Å². The van der Waals surface area contributed by atoms with Crippen LogP contribution in [0.4, 0.5) is 9.52 Å². The molecule has 2 aliphatic heterocycles. The fourth-order valence-corrected chi connectivity index (χ4v) is 3.55. The first-order valence-electron chi connectivity index (χ1n) is 6.86. The van der Waals surface area contributed by atoms with Gasteiger partial charge in [0.05, 0.1) is 18.6 Å². The minimum Gasteiger partial charge on any atom is -0.443 e. The Balaban J connectivity index is 1.52. The van der Waals surface area contributed by atoms with Crippen LogP contribution >= 0.6 is 11.3 Å². The number of nitrogens with zero attached hydrogens (tertiary/aromatic N) is 3. The number of amides is 1. The first kappa shape index (κ1) is 13.6. The number of anilines is 1. The SMILES string of the molecule is O=C1N(c2ncc(Oc3cncc(F)c3)s2)C12CCOCC2. The minimum absolute atomic E-state index is 0.0872. The summed E-state index contributed by atoms with van der Waals surface area (Å²) in [6, 6.07) is 1.24. The molecule has 0 aliphatic carbocycles. The molecular weight excluding hydrogens is 309 g/mol. The maximum atomic E-state index is 13.1. The van der Waals surface area contributed by atoms with Crippen molar-refractivity contribution in [3.63, 3.8) is 0 Å². The van der Waals surface area contributed by atoms with E-state index < -0.39 is 11.4 Å². The number of hydrogen-bond acceptors (Lipinski definition) is 6. The van der Waals surface area contributed by atoms with Crippen LogP contribution in [0.5, 0.6) is 10.8 Å². The first-order chi connectivity index (χ1) is 10.7. The van der Waals surface area contributed by atoms with Crippen LogP contribution in [0.15, 0.2) is 24.7 Å². The third kappa shape index (κ3) is 2.15. The summed E-state index contributed by atoms with van der Waals surface area (Å²) in [6.07, 6.45) is 5.44. The Morgan fingerprint density at radius 1 is 1.32 bits per heavy atom. The Kier molecular flexibility index (Phi) is 3.08. The quantitative estimate of drug-likeness (QED) is 0.812. The molecule has 4 rings (SSSR count). The second-order valence-corrected chi connectivity index (χ2v) is 6.16. The Hall–Kier alpha value is -2.06. The van der Waals surface area contributed by atoms with Gasteiger partial charge in [0.2, 0.25) is 5.06 Å². The molecule has 0 saturated carbocycles. The third-order valence-corrected chi connectivity index (χ3v) is 4.72. The molecule has 2 saturated heterocycles. The standard InChI is InChI=1S/C14H12FN3O3S/c15-9-5-10(7-16-6-9)21-11-8-17-13(22-11)18-12(19)14(18)1-3-20-4-2-14/h5-8H,1-4H2. The lowest BCUT2D eigenvalue weighted by Crippen LogP contribution is -2.28. The van der Waals surface area contributed by atoms with Crippen molar-refractivity contribution in [3.8, 4) is 10.8 Å². The van der Waals surface area contributed by atoms with Crippen LogP contribution in [0.25, 0.3) is 0 Å². The zero-order chi connectivity index (χ0) is 15.2. The van der Waals surface area contributed by atoms with Gasteiger partial charge in [-0.1, -0.05) is 11.3 Å². The van der Waals surface area contributed by atoms with Crippen molar-refractivity contribution in [1.29, 1.82) is 0 Å². The maximum Gasteiger partial charge on any atom is 0.256 e. The van der Waals surface area contributed by atoms with Crippen LogP contribution in [0, 0.1) is 5.82 Å². The first-order valence-corrected chi connectivity index (χ1v) is 7.67. The van der Waals surface area contributed by atoms with E-state index in [-0.39, 0.29) is 5.91 Å². The van der Waals surface area contributed by atoms with Crippen molar-refractivity contribution in [1.82, 2.24) is 9.97 Å². The van der Waals surface area contributed by atoms with Gasteiger partial charge in [0, 0.05) is 32.1 Å². The molecule has 6 nitrogen and oxygen atoms in total. The normalized spacial score (nSPS) is 19.5. The molecule has 2 aliphatic rings. The van der Waals surface area contributed by atoms with Gasteiger partial charge in [0.25, 0.3) is 5.91 Å². The van der Waals surface area contributed by atoms with Crippen LogP contribution in [0.2, 0.25) is 0 Å². The molecule has 0 bridgehead atoms. The lowest BCUT2D eigenvalue weighted by molar-refractivity contribution is -0.112. The summed E-state index contributed by atoms with van der Waals surface area (Å²) in [6.45, 7) is 1.18. The van der Waals surface area contributed by atoms with E-state index in [2.05, 4.69) is 9.97 Å². The van der Waals surface area contributed by atoms with Crippen molar-refractivity contribution in [2.75, 3.05) is 18.1 Å². The van der Waals surface area contributed by atoms with Crippen molar-refractivity contribution in [2.24, 2.45) is 0 Å². The fraction of sp³-hybridized carbons (Fsp3) is 0.357. The van der Waals surface area contributed by atoms with E-state index in [1.165, 1.54) is 29.8 Å². The molecule has 0 unspecified atom stereocenters. The van der Waals surface area contributed by atoms with Gasteiger partial charge in [-0.25, -0.2) is 9.37 Å². The highest BCUT2D eigenvalue weighted by Gasteiger charge is 2.64. The highest BCUT2D eigenvalue weighted by molar-refractivity contribution is 7.17. The average Bonchev–Trinajstić information content (AvgIpc) is 2.85. The number of aromatic nitrogens is 2. The highest BCUT2D eigenvalue weighted by Crippen LogP contribution is 2.48. The summed E-state index contributed by atoms with van der Waals surface area (Å²) < 4.78 is 23.9. The van der Waals surface area contributed by atoms with Crippen molar-refractivity contribution >= 4 is 22.4 Å². The Labute approximate surface area is 129 Å². The number of pyridine rings is 1. The molecule has 4 heterocycles. The van der Waals surface area contributed by atoms with Gasteiger partial charge in [0.15, 0.2) is 5.13 Å². The highest BCUT2D eigenvalue weighted by atomic mass is 32.1. The molecule has 0 aromatic carbocycles. The van der Waals surface area contributed by atoms with Gasteiger partial charge in [-0.05, 0) is 0 Å². The number of carbonyl (C=O) groups excluding carboxylic acids is 1. The fourth-order valence-electron chi connectivity index (χ4n) is 2.68. The van der Waals surface area contributed by atoms with Gasteiger partial charge in [0.1, 0.15) is 17.1 Å². The molecule has 0 N–H and O–H groups in total. The lowest BCUT2D eigenvalue weighted by Gasteiger charge is -2.19. The summed E-state index contributed by atoms with van der Waals surface area (Å²) >= 11 is 1.26. The molecule has 8 heteroatoms. The van der Waals surface area contributed by atoms with E-state index in [1.807, 2.05) is 0 Å². The van der Waals surface area contributed by atoms with Crippen LogP contribution in [-0.4, -0.2) is 34.6 Å². The molecule has 22 heavy (non-hydrogen) atoms. The van der Waals surface area contributed by atoms with E-state index in [1.54, 1.807) is 4.90 Å². The number of ether oxygens (including phenoxy) is 2. The van der Waals surface area contributed by atoms with E-state index in [0.717, 1.165) is 6.20 Å². The van der Waals surface area contributed by atoms with Crippen molar-refractivity contribution in [3.05, 3.63) is 30.5 Å². The van der Waals surface area contributed by atoms with E-state index in [4.69, 9.17) is 9.47 Å². The van der Waals surface area contributed by atoms with Gasteiger partial charge in [-0.3, -0.25) is 14.7 Å². The van der Waals surface area contributed by atoms with Gasteiger partial charge in [-0.15, -0.1) is 0 Å². The van der Waals surface area contributed by atoms with Crippen LogP contribution in [0.1, 0.15) is 12.8 Å². The minimum atomic E-state index is -0.468. The second kappa shape index (κ2) is 4.99. The zero-order valence-electron chi connectivity index (χ0n) is 11.5. The molecule has 114 valence electrons. The summed E-state index contributed by atoms with van der Waals surface area (Å²) in [5, 5.41) is 1.09. The predicted molar refractivity (Wildman–Crippen MR) is 76.7 cm³/mol. The number of thiazole rings is 1. The summed E-state index contributed by atoms with van der Waals surface area (Å²) in [7, 11) is 0. The monoisotopic (exact) mass is 321 g/mol. The Morgan fingerprint density at radius 2 is 2.14 bits per heavy atom. The zero-order valence-corrected chi connectivity index (χ0v) is 12.3. The van der Waals surface area contributed by atoms with E-state index in [0.29, 0.717) is 42.0 Å². The van der Waals surface area contributed by atoms with Gasteiger partial charge in [-0.2, -0.15) is 0 Å². The summed E-state index contributed by atoms with van der Waals surface area (Å²) in [4.78, 5) is 21.8. The average molecular weight is 321 g/mol. The van der Waals surface area contributed by atoms with Crippen molar-refractivity contribution in [2.45, 2.75) is 18.4 Å². The summed E-state index contributed by atoms with van der Waals surface area (Å²) in [5.41, 5.74) is -0.437. The maximum absolute atomic E-state index is 13.1. The molecule has 2 aromatic rings. The third-order valence-electron chi connectivity index (χ3n) is 3.86. The second-order valence-electron chi connectivity index (χ2n) is 5.19. The largest absolute Gasteiger partial charge is 0.443 e. The van der Waals surface area contributed by atoms with Crippen molar-refractivity contribution < 1.29 is 18.7 Å². The van der Waals surface area contributed by atoms with E-state index in [9.17, 15) is 9.18 Å². The number of hydrogen-bond donors (Lipinski definition) is 0. The number of rotatable bonds is 3. The van der Waals surface area contributed by atoms with Crippen LogP contribution in [0.3, 0.4) is 0 Å². The molecule has 0 radical (unpaired) electrons. The van der Waals surface area contributed by atoms with Gasteiger partial charge < -0.3 is 9.47 Å².